The van der Waals surface area contributed by atoms with Crippen LogP contribution in [0.15, 0.2) is 71.6 Å². The van der Waals surface area contributed by atoms with Gasteiger partial charge < -0.3 is 10.1 Å². The SMILES string of the molecule is Cc1ccc(S(=O)(=O)Nc2cccc(NC(=O)[C@@H](C)Oc3ccc(F)cc3)c2)cc1C. The van der Waals surface area contributed by atoms with Crippen LogP contribution in [-0.2, 0) is 14.8 Å². The van der Waals surface area contributed by atoms with Crippen molar-refractivity contribution in [3.05, 3.63) is 83.7 Å². The van der Waals surface area contributed by atoms with E-state index >= 15 is 0 Å². The van der Waals surface area contributed by atoms with E-state index in [-0.39, 0.29) is 4.90 Å². The largest absolute Gasteiger partial charge is 0.481 e. The zero-order chi connectivity index (χ0) is 22.6. The van der Waals surface area contributed by atoms with Crippen molar-refractivity contribution in [2.45, 2.75) is 31.8 Å². The maximum atomic E-state index is 13.0. The van der Waals surface area contributed by atoms with Gasteiger partial charge in [0.05, 0.1) is 10.6 Å². The smallest absolute Gasteiger partial charge is 0.265 e. The first-order chi connectivity index (χ1) is 14.6. The van der Waals surface area contributed by atoms with Crippen LogP contribution >= 0.6 is 0 Å². The highest BCUT2D eigenvalue weighted by Gasteiger charge is 2.17. The molecule has 6 nitrogen and oxygen atoms in total. The summed E-state index contributed by atoms with van der Waals surface area (Å²) in [6.07, 6.45) is -0.846. The molecule has 1 atom stereocenters. The van der Waals surface area contributed by atoms with Gasteiger partial charge in [-0.15, -0.1) is 0 Å². The molecular weight excluding hydrogens is 419 g/mol. The minimum absolute atomic E-state index is 0.159. The molecule has 0 bridgehead atoms. The fraction of sp³-hybridized carbons (Fsp3) is 0.174. The lowest BCUT2D eigenvalue weighted by Crippen LogP contribution is -2.30. The molecule has 1 amide bonds. The molecule has 0 aromatic heterocycles. The number of nitrogens with one attached hydrogen (secondary N) is 2. The predicted octanol–water partition coefficient (Wildman–Crippen LogP) is 4.65. The molecule has 0 unspecified atom stereocenters. The average Bonchev–Trinajstić information content (AvgIpc) is 2.71. The summed E-state index contributed by atoms with van der Waals surface area (Å²) in [6, 6.07) is 16.6. The zero-order valence-electron chi connectivity index (χ0n) is 17.3. The molecule has 162 valence electrons. The standard InChI is InChI=1S/C23H23FN2O4S/c1-15-7-12-22(13-16(15)2)31(28,29)26-20-6-4-5-19(14-20)25-23(27)17(3)30-21-10-8-18(24)9-11-21/h4-14,17,26H,1-3H3,(H,25,27)/t17-/m1/s1. The minimum Gasteiger partial charge on any atom is -0.481 e. The van der Waals surface area contributed by atoms with Gasteiger partial charge in [0.1, 0.15) is 11.6 Å². The number of hydrogen-bond acceptors (Lipinski definition) is 4. The molecule has 8 heteroatoms. The first-order valence-corrected chi connectivity index (χ1v) is 11.1. The summed E-state index contributed by atoms with van der Waals surface area (Å²) in [5.74, 6) is -0.470. The van der Waals surface area contributed by atoms with Gasteiger partial charge in [0.15, 0.2) is 6.10 Å². The summed E-state index contributed by atoms with van der Waals surface area (Å²) in [4.78, 5) is 12.6. The second kappa shape index (κ2) is 9.18. The summed E-state index contributed by atoms with van der Waals surface area (Å²) in [7, 11) is -3.78. The van der Waals surface area contributed by atoms with Crippen molar-refractivity contribution in [2.75, 3.05) is 10.0 Å². The Bertz CT molecular complexity index is 1190. The number of ether oxygens (including phenoxy) is 1. The van der Waals surface area contributed by atoms with Crippen molar-refractivity contribution in [2.24, 2.45) is 0 Å². The van der Waals surface area contributed by atoms with E-state index in [1.54, 1.807) is 43.3 Å². The van der Waals surface area contributed by atoms with Crippen molar-refractivity contribution >= 4 is 27.3 Å². The quantitative estimate of drug-likeness (QED) is 0.558. The number of carbonyl (C=O) groups is 1. The third kappa shape index (κ3) is 5.82. The second-order valence-electron chi connectivity index (χ2n) is 7.14. The summed E-state index contributed by atoms with van der Waals surface area (Å²) < 4.78 is 46.4. The van der Waals surface area contributed by atoms with Gasteiger partial charge in [0.25, 0.3) is 15.9 Å². The highest BCUT2D eigenvalue weighted by atomic mass is 32.2. The van der Waals surface area contributed by atoms with Gasteiger partial charge in [-0.05, 0) is 86.5 Å². The fourth-order valence-electron chi connectivity index (χ4n) is 2.77. The van der Waals surface area contributed by atoms with Gasteiger partial charge >= 0.3 is 0 Å². The number of aryl methyl sites for hydroxylation is 2. The number of anilines is 2. The normalized spacial score (nSPS) is 12.1. The van der Waals surface area contributed by atoms with Gasteiger partial charge in [-0.1, -0.05) is 12.1 Å². The number of rotatable bonds is 7. The summed E-state index contributed by atoms with van der Waals surface area (Å²) in [5.41, 5.74) is 2.59. The third-order valence-corrected chi connectivity index (χ3v) is 6.05. The molecule has 0 fully saturated rings. The van der Waals surface area contributed by atoms with E-state index in [0.29, 0.717) is 17.1 Å². The molecule has 0 radical (unpaired) electrons. The second-order valence-corrected chi connectivity index (χ2v) is 8.82. The topological polar surface area (TPSA) is 84.5 Å². The number of carbonyl (C=O) groups excluding carboxylic acids is 1. The molecule has 0 heterocycles. The van der Waals surface area contributed by atoms with Crippen molar-refractivity contribution in [3.8, 4) is 5.75 Å². The van der Waals surface area contributed by atoms with Crippen LogP contribution < -0.4 is 14.8 Å². The van der Waals surface area contributed by atoms with Gasteiger partial charge in [0.2, 0.25) is 0 Å². The Morgan fingerprint density at radius 1 is 0.935 bits per heavy atom. The Morgan fingerprint density at radius 3 is 2.29 bits per heavy atom. The van der Waals surface area contributed by atoms with Crippen molar-refractivity contribution in [3.63, 3.8) is 0 Å². The number of amides is 1. The van der Waals surface area contributed by atoms with Crippen LogP contribution in [0.1, 0.15) is 18.1 Å². The van der Waals surface area contributed by atoms with Crippen LogP contribution in [0.5, 0.6) is 5.75 Å². The number of halogens is 1. The Morgan fingerprint density at radius 2 is 1.61 bits per heavy atom. The molecular formula is C23H23FN2O4S. The van der Waals surface area contributed by atoms with Gasteiger partial charge in [-0.2, -0.15) is 0 Å². The van der Waals surface area contributed by atoms with E-state index in [4.69, 9.17) is 4.74 Å². The van der Waals surface area contributed by atoms with Gasteiger partial charge in [-0.25, -0.2) is 12.8 Å². The maximum absolute atomic E-state index is 13.0. The zero-order valence-corrected chi connectivity index (χ0v) is 18.2. The molecule has 2 N–H and O–H groups in total. The first-order valence-electron chi connectivity index (χ1n) is 9.57. The molecule has 0 saturated heterocycles. The Hall–Kier alpha value is -3.39. The average molecular weight is 443 g/mol. The summed E-state index contributed by atoms with van der Waals surface area (Å²) >= 11 is 0. The number of hydrogen-bond donors (Lipinski definition) is 2. The molecule has 3 rings (SSSR count). The first kappa shape index (κ1) is 22.3. The van der Waals surface area contributed by atoms with Crippen molar-refractivity contribution in [1.29, 1.82) is 0 Å². The highest BCUT2D eigenvalue weighted by molar-refractivity contribution is 7.92. The van der Waals surface area contributed by atoms with Gasteiger partial charge in [0, 0.05) is 5.69 Å². The lowest BCUT2D eigenvalue weighted by Gasteiger charge is -2.15. The molecule has 3 aromatic carbocycles. The molecule has 0 aliphatic carbocycles. The Balaban J connectivity index is 1.68. The van der Waals surface area contributed by atoms with E-state index in [9.17, 15) is 17.6 Å². The van der Waals surface area contributed by atoms with E-state index in [1.165, 1.54) is 30.3 Å². The van der Waals surface area contributed by atoms with E-state index in [2.05, 4.69) is 10.0 Å². The molecule has 3 aromatic rings. The summed E-state index contributed by atoms with van der Waals surface area (Å²) in [6.45, 7) is 5.32. The highest BCUT2D eigenvalue weighted by Crippen LogP contribution is 2.22. The Labute approximate surface area is 181 Å². The van der Waals surface area contributed by atoms with Crippen LogP contribution in [0.4, 0.5) is 15.8 Å². The van der Waals surface area contributed by atoms with E-state index in [1.807, 2.05) is 13.8 Å². The molecule has 0 aliphatic rings. The molecule has 0 aliphatic heterocycles. The monoisotopic (exact) mass is 442 g/mol. The lowest BCUT2D eigenvalue weighted by molar-refractivity contribution is -0.122. The van der Waals surface area contributed by atoms with Crippen molar-refractivity contribution in [1.82, 2.24) is 0 Å². The van der Waals surface area contributed by atoms with Crippen LogP contribution in [-0.4, -0.2) is 20.4 Å². The molecule has 31 heavy (non-hydrogen) atoms. The predicted molar refractivity (Wildman–Crippen MR) is 118 cm³/mol. The van der Waals surface area contributed by atoms with Crippen LogP contribution in [0.2, 0.25) is 0 Å². The van der Waals surface area contributed by atoms with E-state index in [0.717, 1.165) is 11.1 Å². The Kier molecular flexibility index (Phi) is 6.60. The minimum atomic E-state index is -3.78. The van der Waals surface area contributed by atoms with E-state index < -0.39 is 27.9 Å². The number of sulfonamides is 1. The lowest BCUT2D eigenvalue weighted by atomic mass is 10.1. The molecule has 0 spiro atoms. The fourth-order valence-corrected chi connectivity index (χ4v) is 3.90. The van der Waals surface area contributed by atoms with Crippen LogP contribution in [0, 0.1) is 19.7 Å². The van der Waals surface area contributed by atoms with Crippen LogP contribution in [0.3, 0.4) is 0 Å². The number of benzene rings is 3. The van der Waals surface area contributed by atoms with Crippen LogP contribution in [0.25, 0.3) is 0 Å². The van der Waals surface area contributed by atoms with Gasteiger partial charge in [-0.3, -0.25) is 9.52 Å². The summed E-state index contributed by atoms with van der Waals surface area (Å²) in [5, 5.41) is 2.68. The molecule has 0 saturated carbocycles. The maximum Gasteiger partial charge on any atom is 0.265 e. The van der Waals surface area contributed by atoms with Crippen molar-refractivity contribution < 1.29 is 22.3 Å². The third-order valence-electron chi connectivity index (χ3n) is 4.67.